The number of pyridine rings is 1. The average Bonchev–Trinajstić information content (AvgIpc) is 3.63. The van der Waals surface area contributed by atoms with Crippen LogP contribution in [0.1, 0.15) is 11.1 Å². The first kappa shape index (κ1) is 23.7. The second-order valence-electron chi connectivity index (χ2n) is 9.07. The van der Waals surface area contributed by atoms with Gasteiger partial charge in [-0.2, -0.15) is 0 Å². The summed E-state index contributed by atoms with van der Waals surface area (Å²) in [7, 11) is 5.26. The molecule has 1 unspecified atom stereocenters. The van der Waals surface area contributed by atoms with Gasteiger partial charge in [-0.1, -0.05) is 6.07 Å². The molecule has 7 rings (SSSR count). The molecule has 2 aromatic carbocycles. The predicted molar refractivity (Wildman–Crippen MR) is 138 cm³/mol. The van der Waals surface area contributed by atoms with Crippen molar-refractivity contribution in [2.75, 3.05) is 38.9 Å². The van der Waals surface area contributed by atoms with E-state index in [4.69, 9.17) is 23.7 Å². The summed E-state index contributed by atoms with van der Waals surface area (Å²) in [5, 5.41) is 0. The number of aryl methyl sites for hydroxylation is 1. The zero-order valence-corrected chi connectivity index (χ0v) is 21.2. The lowest BCUT2D eigenvalue weighted by atomic mass is 9.76. The number of hydrogen-bond donors (Lipinski definition) is 0. The van der Waals surface area contributed by atoms with E-state index in [1.54, 1.807) is 56.0 Å². The van der Waals surface area contributed by atoms with E-state index in [9.17, 15) is 4.79 Å². The number of rotatable bonds is 3. The Morgan fingerprint density at radius 1 is 1.00 bits per heavy atom. The summed E-state index contributed by atoms with van der Waals surface area (Å²) in [4.78, 5) is 23.3. The number of methoxy groups -OCH3 is 1. The molecule has 194 valence electrons. The predicted octanol–water partition coefficient (Wildman–Crippen LogP) is 3.73. The molecule has 10 nitrogen and oxygen atoms in total. The molecule has 10 heteroatoms. The molecule has 0 fully saturated rings. The van der Waals surface area contributed by atoms with E-state index in [0.29, 0.717) is 47.8 Å². The Morgan fingerprint density at radius 3 is 2.47 bits per heavy atom. The van der Waals surface area contributed by atoms with Crippen molar-refractivity contribution in [3.05, 3.63) is 78.5 Å². The number of fused-ring (bicyclic) bond motifs is 5. The fourth-order valence-electron chi connectivity index (χ4n) is 4.99. The number of carbonyl (C=O) groups excluding carboxylic acids is 1. The van der Waals surface area contributed by atoms with E-state index >= 15 is 0 Å². The van der Waals surface area contributed by atoms with E-state index in [0.717, 1.165) is 16.8 Å². The number of hydrogen-bond acceptors (Lipinski definition) is 8. The third-order valence-corrected chi connectivity index (χ3v) is 6.79. The van der Waals surface area contributed by atoms with Gasteiger partial charge in [0.05, 0.1) is 25.3 Å². The Hall–Kier alpha value is -4.73. The summed E-state index contributed by atoms with van der Waals surface area (Å²) in [5.41, 5.74) is 1.26. The van der Waals surface area contributed by atoms with Gasteiger partial charge in [0.1, 0.15) is 42.5 Å². The number of ether oxygens (including phenoxy) is 5. The molecule has 3 aliphatic rings. The Kier molecular flexibility index (Phi) is 5.79. The van der Waals surface area contributed by atoms with Crippen LogP contribution in [0.15, 0.2) is 67.4 Å². The standard InChI is InChI=1S/C24H20N2O6.C4H6N2/c1-26-16-4-3-5-17(32-14-6-7-21(28-2)25-12-14)22(16)24(23(26)27)13-31-18-11-20-19(10-15(18)24)29-8-9-30-20;1-6-3-2-5-4-6/h3-7,10-12H,8-9,13H2,1-2H3;2-4H,1H3. The minimum Gasteiger partial charge on any atom is -0.491 e. The molecule has 5 heterocycles. The molecule has 1 atom stereocenters. The summed E-state index contributed by atoms with van der Waals surface area (Å²) in [6.45, 7) is 1.11. The van der Waals surface area contributed by atoms with Gasteiger partial charge in [0.2, 0.25) is 11.8 Å². The van der Waals surface area contributed by atoms with Crippen molar-refractivity contribution in [1.29, 1.82) is 0 Å². The molecule has 0 radical (unpaired) electrons. The van der Waals surface area contributed by atoms with Crippen LogP contribution in [0, 0.1) is 0 Å². The third-order valence-electron chi connectivity index (χ3n) is 6.79. The molecule has 38 heavy (non-hydrogen) atoms. The molecule has 0 saturated carbocycles. The highest BCUT2D eigenvalue weighted by Crippen LogP contribution is 2.57. The van der Waals surface area contributed by atoms with Gasteiger partial charge < -0.3 is 33.2 Å². The average molecular weight is 515 g/mol. The fourth-order valence-corrected chi connectivity index (χ4v) is 4.99. The number of likely N-dealkylation sites (N-methyl/N-ethyl adjacent to an activating group) is 1. The van der Waals surface area contributed by atoms with Crippen LogP contribution >= 0.6 is 0 Å². The van der Waals surface area contributed by atoms with E-state index in [1.165, 1.54) is 0 Å². The second kappa shape index (κ2) is 9.29. The van der Waals surface area contributed by atoms with Gasteiger partial charge in [0.25, 0.3) is 0 Å². The third kappa shape index (κ3) is 3.76. The Labute approximate surface area is 219 Å². The topological polar surface area (TPSA) is 97.2 Å². The van der Waals surface area contributed by atoms with Crippen LogP contribution in [-0.4, -0.2) is 54.4 Å². The van der Waals surface area contributed by atoms with Gasteiger partial charge in [0.15, 0.2) is 11.5 Å². The first-order valence-electron chi connectivity index (χ1n) is 12.1. The van der Waals surface area contributed by atoms with Crippen LogP contribution in [0.25, 0.3) is 0 Å². The number of carbonyl (C=O) groups is 1. The van der Waals surface area contributed by atoms with E-state index in [-0.39, 0.29) is 12.5 Å². The highest BCUT2D eigenvalue weighted by Gasteiger charge is 2.58. The molecular weight excluding hydrogens is 488 g/mol. The smallest absolute Gasteiger partial charge is 0.245 e. The number of nitrogens with zero attached hydrogens (tertiary/aromatic N) is 4. The Bertz CT molecular complexity index is 1490. The zero-order chi connectivity index (χ0) is 26.3. The molecular formula is C28H26N4O6. The molecule has 0 aliphatic carbocycles. The van der Waals surface area contributed by atoms with Gasteiger partial charge in [-0.3, -0.25) is 4.79 Å². The van der Waals surface area contributed by atoms with Crippen LogP contribution in [0.5, 0.6) is 34.6 Å². The van der Waals surface area contributed by atoms with Crippen molar-refractivity contribution >= 4 is 11.6 Å². The Balaban J connectivity index is 0.000000390. The summed E-state index contributed by atoms with van der Waals surface area (Å²) in [6, 6.07) is 12.8. The van der Waals surface area contributed by atoms with Crippen LogP contribution in [0.2, 0.25) is 0 Å². The summed E-state index contributed by atoms with van der Waals surface area (Å²) >= 11 is 0. The number of amides is 1. The van der Waals surface area contributed by atoms with Crippen molar-refractivity contribution in [3.63, 3.8) is 0 Å². The van der Waals surface area contributed by atoms with Crippen LogP contribution in [0.4, 0.5) is 5.69 Å². The maximum Gasteiger partial charge on any atom is 0.245 e. The number of aromatic nitrogens is 3. The number of benzene rings is 2. The first-order valence-corrected chi connectivity index (χ1v) is 12.1. The largest absolute Gasteiger partial charge is 0.491 e. The van der Waals surface area contributed by atoms with Gasteiger partial charge in [-0.15, -0.1) is 0 Å². The van der Waals surface area contributed by atoms with Gasteiger partial charge in [-0.05, 0) is 24.3 Å². The minimum absolute atomic E-state index is 0.0770. The molecule has 0 N–H and O–H groups in total. The highest BCUT2D eigenvalue weighted by atomic mass is 16.6. The van der Waals surface area contributed by atoms with Crippen LogP contribution in [-0.2, 0) is 17.3 Å². The van der Waals surface area contributed by atoms with Crippen molar-refractivity contribution in [3.8, 4) is 34.6 Å². The van der Waals surface area contributed by atoms with Gasteiger partial charge in [-0.25, -0.2) is 9.97 Å². The minimum atomic E-state index is -1.04. The SMILES string of the molecule is COc1ccc(Oc2cccc3c2C2(COc4cc5c(cc42)OCCO5)C(=O)N3C)cn1.Cn1ccnc1. The maximum absolute atomic E-state index is 13.7. The maximum atomic E-state index is 13.7. The molecule has 2 aromatic heterocycles. The van der Waals surface area contributed by atoms with E-state index < -0.39 is 5.41 Å². The molecule has 0 bridgehead atoms. The molecule has 1 spiro atoms. The van der Waals surface area contributed by atoms with Crippen LogP contribution in [0.3, 0.4) is 0 Å². The highest BCUT2D eigenvalue weighted by molar-refractivity contribution is 6.12. The van der Waals surface area contributed by atoms with Gasteiger partial charge >= 0.3 is 0 Å². The van der Waals surface area contributed by atoms with Crippen LogP contribution < -0.4 is 28.6 Å². The second-order valence-corrected chi connectivity index (χ2v) is 9.07. The number of anilines is 1. The molecule has 3 aliphatic heterocycles. The van der Waals surface area contributed by atoms with Gasteiger partial charge in [0, 0.05) is 49.7 Å². The summed E-state index contributed by atoms with van der Waals surface area (Å²) < 4.78 is 30.8. The first-order chi connectivity index (χ1) is 18.5. The molecule has 0 saturated heterocycles. The lowest BCUT2D eigenvalue weighted by Crippen LogP contribution is -2.41. The van der Waals surface area contributed by atoms with E-state index in [2.05, 4.69) is 9.97 Å². The normalized spacial score (nSPS) is 18.3. The number of imidazole rings is 1. The fraction of sp³-hybridized carbons (Fsp3) is 0.250. The quantitative estimate of drug-likeness (QED) is 0.408. The van der Waals surface area contributed by atoms with Crippen molar-refractivity contribution < 1.29 is 28.5 Å². The van der Waals surface area contributed by atoms with Crippen molar-refractivity contribution in [2.45, 2.75) is 5.41 Å². The van der Waals surface area contributed by atoms with Crippen molar-refractivity contribution in [1.82, 2.24) is 14.5 Å². The molecule has 1 amide bonds. The zero-order valence-electron chi connectivity index (χ0n) is 21.2. The van der Waals surface area contributed by atoms with E-state index in [1.807, 2.05) is 42.1 Å². The summed E-state index contributed by atoms with van der Waals surface area (Å²) in [6.07, 6.45) is 6.98. The molecule has 4 aromatic rings. The summed E-state index contributed by atoms with van der Waals surface area (Å²) in [5.74, 6) is 3.38. The Morgan fingerprint density at radius 2 is 1.82 bits per heavy atom. The monoisotopic (exact) mass is 514 g/mol. The van der Waals surface area contributed by atoms with Crippen molar-refractivity contribution in [2.24, 2.45) is 7.05 Å². The lowest BCUT2D eigenvalue weighted by Gasteiger charge is -2.25. The lowest BCUT2D eigenvalue weighted by molar-refractivity contribution is -0.121.